The second kappa shape index (κ2) is 7.84. The quantitative estimate of drug-likeness (QED) is 0.779. The van der Waals surface area contributed by atoms with Crippen LogP contribution in [0.15, 0.2) is 33.6 Å². The summed E-state index contributed by atoms with van der Waals surface area (Å²) in [6.45, 7) is 1.46. The number of aliphatic carboxylic acids is 1. The molecule has 1 aliphatic heterocycles. The molecule has 6 heteroatoms. The van der Waals surface area contributed by atoms with Crippen LogP contribution in [0.3, 0.4) is 0 Å². The minimum Gasteiger partial charge on any atom is -0.481 e. The van der Waals surface area contributed by atoms with Gasteiger partial charge in [0, 0.05) is 28.9 Å². The van der Waals surface area contributed by atoms with Crippen molar-refractivity contribution in [2.45, 2.75) is 24.2 Å². The Bertz CT molecular complexity index is 506. The van der Waals surface area contributed by atoms with Crippen molar-refractivity contribution in [1.82, 2.24) is 4.90 Å². The molecule has 0 saturated carbocycles. The lowest BCUT2D eigenvalue weighted by atomic mass is 10.0. The molecule has 0 aromatic heterocycles. The predicted molar refractivity (Wildman–Crippen MR) is 86.4 cm³/mol. The first-order valence-corrected chi connectivity index (χ1v) is 8.70. The molecule has 114 valence electrons. The Morgan fingerprint density at radius 3 is 2.71 bits per heavy atom. The maximum Gasteiger partial charge on any atom is 0.303 e. The molecule has 0 bridgehead atoms. The van der Waals surface area contributed by atoms with Crippen LogP contribution >= 0.6 is 27.7 Å². The lowest BCUT2D eigenvalue weighted by Crippen LogP contribution is -2.30. The van der Waals surface area contributed by atoms with Crippen molar-refractivity contribution < 1.29 is 14.7 Å². The molecular formula is C15H18BrNO3S. The smallest absolute Gasteiger partial charge is 0.303 e. The van der Waals surface area contributed by atoms with Crippen LogP contribution in [0, 0.1) is 5.92 Å². The van der Waals surface area contributed by atoms with Gasteiger partial charge in [0.25, 0.3) is 0 Å². The van der Waals surface area contributed by atoms with Gasteiger partial charge in [-0.2, -0.15) is 0 Å². The highest BCUT2D eigenvalue weighted by Crippen LogP contribution is 2.24. The topological polar surface area (TPSA) is 57.6 Å². The molecule has 1 N–H and O–H groups in total. The molecule has 1 aromatic carbocycles. The van der Waals surface area contributed by atoms with Gasteiger partial charge in [0.15, 0.2) is 0 Å². The summed E-state index contributed by atoms with van der Waals surface area (Å²) in [5.41, 5.74) is 0. The van der Waals surface area contributed by atoms with E-state index in [2.05, 4.69) is 15.9 Å². The Morgan fingerprint density at radius 2 is 2.05 bits per heavy atom. The molecular weight excluding hydrogens is 354 g/mol. The van der Waals surface area contributed by atoms with Crippen LogP contribution in [-0.4, -0.2) is 40.7 Å². The summed E-state index contributed by atoms with van der Waals surface area (Å²) in [5, 5.41) is 8.69. The highest BCUT2D eigenvalue weighted by molar-refractivity contribution is 9.10. The van der Waals surface area contributed by atoms with E-state index in [0.717, 1.165) is 22.3 Å². The summed E-state index contributed by atoms with van der Waals surface area (Å²) in [5.74, 6) is 0.154. The number of amides is 1. The molecule has 1 atom stereocenters. The maximum atomic E-state index is 12.1. The van der Waals surface area contributed by atoms with E-state index in [4.69, 9.17) is 5.11 Å². The average Bonchev–Trinajstić information content (AvgIpc) is 2.93. The summed E-state index contributed by atoms with van der Waals surface area (Å²) in [4.78, 5) is 25.7. The van der Waals surface area contributed by atoms with Gasteiger partial charge >= 0.3 is 5.97 Å². The van der Waals surface area contributed by atoms with Crippen LogP contribution in [0.1, 0.15) is 19.3 Å². The summed E-state index contributed by atoms with van der Waals surface area (Å²) in [6, 6.07) is 7.90. The van der Waals surface area contributed by atoms with Crippen LogP contribution in [0.5, 0.6) is 0 Å². The number of rotatable bonds is 6. The zero-order valence-electron chi connectivity index (χ0n) is 11.6. The zero-order chi connectivity index (χ0) is 15.2. The third-order valence-corrected chi connectivity index (χ3v) is 5.11. The summed E-state index contributed by atoms with van der Waals surface area (Å²) >= 11 is 4.92. The number of hydrogen-bond donors (Lipinski definition) is 1. The molecule has 1 aromatic rings. The number of hydrogen-bond acceptors (Lipinski definition) is 3. The summed E-state index contributed by atoms with van der Waals surface area (Å²) < 4.78 is 1.03. The van der Waals surface area contributed by atoms with Crippen LogP contribution in [-0.2, 0) is 9.59 Å². The number of thioether (sulfide) groups is 1. The second-order valence-electron chi connectivity index (χ2n) is 5.17. The third kappa shape index (κ3) is 5.36. The standard InChI is InChI=1S/C15H18BrNO3S/c16-12-2-4-13(5-3-12)21-10-14(18)17-8-7-11(9-17)1-6-15(19)20/h2-5,11H,1,6-10H2,(H,19,20). The molecule has 0 radical (unpaired) electrons. The fourth-order valence-electron chi connectivity index (χ4n) is 2.39. The Kier molecular flexibility index (Phi) is 6.11. The minimum atomic E-state index is -0.759. The molecule has 0 aliphatic carbocycles. The number of carboxylic acids is 1. The molecule has 1 aliphatic rings. The number of halogens is 1. The van der Waals surface area contributed by atoms with Gasteiger partial charge < -0.3 is 10.0 Å². The van der Waals surface area contributed by atoms with Crippen molar-refractivity contribution >= 4 is 39.6 Å². The molecule has 0 spiro atoms. The first-order chi connectivity index (χ1) is 10.0. The Hall–Kier alpha value is -1.01. The van der Waals surface area contributed by atoms with Crippen molar-refractivity contribution in [1.29, 1.82) is 0 Å². The van der Waals surface area contributed by atoms with E-state index in [0.29, 0.717) is 24.6 Å². The fraction of sp³-hybridized carbons (Fsp3) is 0.467. The van der Waals surface area contributed by atoms with Gasteiger partial charge in [-0.25, -0.2) is 0 Å². The van der Waals surface area contributed by atoms with Crippen molar-refractivity contribution in [3.05, 3.63) is 28.7 Å². The van der Waals surface area contributed by atoms with E-state index in [1.54, 1.807) is 0 Å². The molecule has 1 unspecified atom stereocenters. The highest BCUT2D eigenvalue weighted by atomic mass is 79.9. The SMILES string of the molecule is O=C(O)CCC1CCN(C(=O)CSc2ccc(Br)cc2)C1. The van der Waals surface area contributed by atoms with Gasteiger partial charge in [-0.15, -0.1) is 11.8 Å². The monoisotopic (exact) mass is 371 g/mol. The molecule has 21 heavy (non-hydrogen) atoms. The molecule has 1 heterocycles. The van der Waals surface area contributed by atoms with Gasteiger partial charge in [-0.1, -0.05) is 15.9 Å². The first kappa shape index (κ1) is 16.4. The summed E-state index contributed by atoms with van der Waals surface area (Å²) in [7, 11) is 0. The molecule has 1 amide bonds. The van der Waals surface area contributed by atoms with Gasteiger partial charge in [0.2, 0.25) is 5.91 Å². The molecule has 4 nitrogen and oxygen atoms in total. The van der Waals surface area contributed by atoms with E-state index in [9.17, 15) is 9.59 Å². The number of likely N-dealkylation sites (tertiary alicyclic amines) is 1. The van der Waals surface area contributed by atoms with Crippen molar-refractivity contribution in [3.63, 3.8) is 0 Å². The minimum absolute atomic E-state index is 0.140. The van der Waals surface area contributed by atoms with E-state index >= 15 is 0 Å². The number of carbonyl (C=O) groups is 2. The number of nitrogens with zero attached hydrogens (tertiary/aromatic N) is 1. The third-order valence-electron chi connectivity index (χ3n) is 3.58. The predicted octanol–water partition coefficient (Wildman–Crippen LogP) is 3.25. The van der Waals surface area contributed by atoms with Gasteiger partial charge in [-0.3, -0.25) is 9.59 Å². The first-order valence-electron chi connectivity index (χ1n) is 6.92. The maximum absolute atomic E-state index is 12.1. The van der Waals surface area contributed by atoms with Crippen LogP contribution in [0.4, 0.5) is 0 Å². The Labute approximate surface area is 137 Å². The Morgan fingerprint density at radius 1 is 1.33 bits per heavy atom. The molecule has 1 saturated heterocycles. The fourth-order valence-corrected chi connectivity index (χ4v) is 3.46. The molecule has 2 rings (SSSR count). The normalized spacial score (nSPS) is 18.0. The van der Waals surface area contributed by atoms with Gasteiger partial charge in [-0.05, 0) is 43.0 Å². The second-order valence-corrected chi connectivity index (χ2v) is 7.13. The number of benzene rings is 1. The van der Waals surface area contributed by atoms with E-state index in [-0.39, 0.29) is 12.3 Å². The number of carboxylic acid groups (broad SMARTS) is 1. The summed E-state index contributed by atoms with van der Waals surface area (Å²) in [6.07, 6.45) is 1.78. The van der Waals surface area contributed by atoms with Crippen LogP contribution in [0.25, 0.3) is 0 Å². The van der Waals surface area contributed by atoms with E-state index in [1.165, 1.54) is 11.8 Å². The van der Waals surface area contributed by atoms with Crippen LogP contribution < -0.4 is 0 Å². The highest BCUT2D eigenvalue weighted by Gasteiger charge is 2.26. The van der Waals surface area contributed by atoms with Crippen molar-refractivity contribution in [3.8, 4) is 0 Å². The largest absolute Gasteiger partial charge is 0.481 e. The van der Waals surface area contributed by atoms with Crippen molar-refractivity contribution in [2.75, 3.05) is 18.8 Å². The van der Waals surface area contributed by atoms with Gasteiger partial charge in [0.05, 0.1) is 5.75 Å². The van der Waals surface area contributed by atoms with Crippen LogP contribution in [0.2, 0.25) is 0 Å². The van der Waals surface area contributed by atoms with E-state index < -0.39 is 5.97 Å². The number of carbonyl (C=O) groups excluding carboxylic acids is 1. The van der Waals surface area contributed by atoms with E-state index in [1.807, 2.05) is 29.2 Å². The van der Waals surface area contributed by atoms with Crippen molar-refractivity contribution in [2.24, 2.45) is 5.92 Å². The lowest BCUT2D eigenvalue weighted by Gasteiger charge is -2.16. The molecule has 1 fully saturated rings. The average molecular weight is 372 g/mol. The lowest BCUT2D eigenvalue weighted by molar-refractivity contribution is -0.137. The zero-order valence-corrected chi connectivity index (χ0v) is 14.0. The Balaban J connectivity index is 1.74. The van der Waals surface area contributed by atoms with Gasteiger partial charge in [0.1, 0.15) is 0 Å².